The van der Waals surface area contributed by atoms with Crippen LogP contribution in [-0.4, -0.2) is 33.7 Å². The summed E-state index contributed by atoms with van der Waals surface area (Å²) in [5.74, 6) is -0.675. The molecule has 0 aliphatic carbocycles. The number of amides is 2. The lowest BCUT2D eigenvalue weighted by Gasteiger charge is -2.19. The monoisotopic (exact) mass is 528 g/mol. The van der Waals surface area contributed by atoms with Crippen LogP contribution in [0, 0.1) is 5.82 Å². The molecule has 7 nitrogen and oxygen atoms in total. The van der Waals surface area contributed by atoms with Gasteiger partial charge in [-0.2, -0.15) is 0 Å². The van der Waals surface area contributed by atoms with Crippen molar-refractivity contribution < 1.29 is 18.7 Å². The van der Waals surface area contributed by atoms with Gasteiger partial charge in [-0.1, -0.05) is 18.2 Å². The number of allylic oxidation sites excluding steroid dienone is 2. The van der Waals surface area contributed by atoms with E-state index in [4.69, 9.17) is 4.74 Å². The number of fused-ring (bicyclic) bond motifs is 1. The molecule has 2 N–H and O–H groups in total. The fraction of sp³-hybridized carbons (Fsp3) is 0.258. The fourth-order valence-corrected chi connectivity index (χ4v) is 4.61. The fourth-order valence-electron chi connectivity index (χ4n) is 4.61. The summed E-state index contributed by atoms with van der Waals surface area (Å²) in [5, 5.41) is 6.45. The molecule has 4 aromatic rings. The molecule has 4 rings (SSSR count). The number of carbonyl (C=O) groups is 2. The van der Waals surface area contributed by atoms with E-state index in [-0.39, 0.29) is 18.3 Å². The number of alkyl carbamates (subject to hydrolysis) is 1. The first-order valence-electron chi connectivity index (χ1n) is 12.8. The minimum atomic E-state index is -0.660. The van der Waals surface area contributed by atoms with Crippen LogP contribution in [0.15, 0.2) is 73.1 Å². The van der Waals surface area contributed by atoms with Gasteiger partial charge in [0.25, 0.3) is 0 Å². The second-order valence-electron chi connectivity index (χ2n) is 10.2. The molecule has 0 saturated heterocycles. The highest BCUT2D eigenvalue weighted by Gasteiger charge is 2.23. The summed E-state index contributed by atoms with van der Waals surface area (Å²) >= 11 is 0. The number of halogens is 1. The Kier molecular flexibility index (Phi) is 8.14. The van der Waals surface area contributed by atoms with Crippen molar-refractivity contribution in [3.63, 3.8) is 0 Å². The summed E-state index contributed by atoms with van der Waals surface area (Å²) in [6.07, 6.45) is 7.39. The Bertz CT molecular complexity index is 1520. The van der Waals surface area contributed by atoms with Crippen LogP contribution in [0.4, 0.5) is 14.9 Å². The van der Waals surface area contributed by atoms with Crippen molar-refractivity contribution in [1.82, 2.24) is 14.9 Å². The standard InChI is InChI=1S/C31H33FN4O3/c1-6-7-8-23-25(35-26(37)19-34-30(38)39-31(2,3)4)14-13-24-27(20-15-17-33-18-16-20)28(36(5)29(23)24)21-9-11-22(32)12-10-21/h6-7,9-18H,8,19H2,1-5H3,(H,34,38)(H,35,37). The average Bonchev–Trinajstić information content (AvgIpc) is 3.19. The normalized spacial score (nSPS) is 11.6. The Labute approximate surface area is 227 Å². The summed E-state index contributed by atoms with van der Waals surface area (Å²) < 4.78 is 21.1. The van der Waals surface area contributed by atoms with Gasteiger partial charge in [0, 0.05) is 41.6 Å². The van der Waals surface area contributed by atoms with E-state index < -0.39 is 11.7 Å². The first-order valence-corrected chi connectivity index (χ1v) is 12.8. The van der Waals surface area contributed by atoms with E-state index in [1.807, 2.05) is 50.4 Å². The van der Waals surface area contributed by atoms with Gasteiger partial charge < -0.3 is 19.9 Å². The topological polar surface area (TPSA) is 85.2 Å². The number of benzene rings is 2. The van der Waals surface area contributed by atoms with Crippen LogP contribution < -0.4 is 10.6 Å². The Hall–Kier alpha value is -4.46. The second-order valence-corrected chi connectivity index (χ2v) is 10.2. The van der Waals surface area contributed by atoms with Crippen molar-refractivity contribution in [1.29, 1.82) is 0 Å². The number of aromatic nitrogens is 2. The van der Waals surface area contributed by atoms with Crippen molar-refractivity contribution in [2.75, 3.05) is 11.9 Å². The maximum atomic E-state index is 13.8. The van der Waals surface area contributed by atoms with Crippen LogP contribution >= 0.6 is 0 Å². The van der Waals surface area contributed by atoms with Crippen molar-refractivity contribution in [3.8, 4) is 22.4 Å². The molecule has 39 heavy (non-hydrogen) atoms. The quantitative estimate of drug-likeness (QED) is 0.264. The Morgan fingerprint density at radius 3 is 2.36 bits per heavy atom. The van der Waals surface area contributed by atoms with Crippen LogP contribution in [0.5, 0.6) is 0 Å². The number of nitrogens with zero attached hydrogens (tertiary/aromatic N) is 2. The highest BCUT2D eigenvalue weighted by Crippen LogP contribution is 2.43. The number of nitrogens with one attached hydrogen (secondary N) is 2. The molecule has 8 heteroatoms. The van der Waals surface area contributed by atoms with E-state index in [0.29, 0.717) is 12.1 Å². The number of hydrogen-bond donors (Lipinski definition) is 2. The van der Waals surface area contributed by atoms with Gasteiger partial charge in [0.1, 0.15) is 18.0 Å². The number of anilines is 1. The molecule has 202 valence electrons. The second kappa shape index (κ2) is 11.5. The highest BCUT2D eigenvalue weighted by molar-refractivity contribution is 6.08. The molecule has 2 heterocycles. The van der Waals surface area contributed by atoms with Crippen molar-refractivity contribution in [2.45, 2.75) is 39.7 Å². The van der Waals surface area contributed by atoms with Crippen molar-refractivity contribution in [2.24, 2.45) is 7.05 Å². The molecule has 2 aromatic heterocycles. The zero-order chi connectivity index (χ0) is 28.2. The lowest BCUT2D eigenvalue weighted by molar-refractivity contribution is -0.115. The first kappa shape index (κ1) is 27.6. The van der Waals surface area contributed by atoms with E-state index in [1.165, 1.54) is 12.1 Å². The van der Waals surface area contributed by atoms with E-state index in [2.05, 4.69) is 20.2 Å². The minimum absolute atomic E-state index is 0.230. The molecule has 0 bridgehead atoms. The first-order chi connectivity index (χ1) is 18.6. The third kappa shape index (κ3) is 6.34. The van der Waals surface area contributed by atoms with Crippen LogP contribution in [0.25, 0.3) is 33.3 Å². The van der Waals surface area contributed by atoms with Gasteiger partial charge in [0.2, 0.25) is 5.91 Å². The number of rotatable bonds is 7. The average molecular weight is 529 g/mol. The van der Waals surface area contributed by atoms with Gasteiger partial charge in [0.05, 0.1) is 11.2 Å². The predicted octanol–water partition coefficient (Wildman–Crippen LogP) is 6.63. The van der Waals surface area contributed by atoms with Crippen molar-refractivity contribution in [3.05, 3.63) is 84.5 Å². The molecule has 2 aromatic carbocycles. The van der Waals surface area contributed by atoms with Crippen LogP contribution in [0.3, 0.4) is 0 Å². The summed E-state index contributed by atoms with van der Waals surface area (Å²) in [6.45, 7) is 6.99. The van der Waals surface area contributed by atoms with E-state index in [0.717, 1.165) is 38.9 Å². The number of ether oxygens (including phenoxy) is 1. The van der Waals surface area contributed by atoms with E-state index in [9.17, 15) is 14.0 Å². The van der Waals surface area contributed by atoms with Gasteiger partial charge in [-0.3, -0.25) is 9.78 Å². The minimum Gasteiger partial charge on any atom is -0.444 e. The van der Waals surface area contributed by atoms with Crippen LogP contribution in [0.1, 0.15) is 33.3 Å². The van der Waals surface area contributed by atoms with Gasteiger partial charge in [-0.05, 0) is 87.7 Å². The smallest absolute Gasteiger partial charge is 0.408 e. The maximum Gasteiger partial charge on any atom is 0.408 e. The third-order valence-corrected chi connectivity index (χ3v) is 6.17. The number of aryl methyl sites for hydroxylation is 1. The molecular formula is C31H33FN4O3. The molecule has 0 atom stereocenters. The molecule has 0 radical (unpaired) electrons. The maximum absolute atomic E-state index is 13.8. The number of hydrogen-bond acceptors (Lipinski definition) is 4. The lowest BCUT2D eigenvalue weighted by Crippen LogP contribution is -2.37. The largest absolute Gasteiger partial charge is 0.444 e. The van der Waals surface area contributed by atoms with Crippen LogP contribution in [-0.2, 0) is 23.0 Å². The highest BCUT2D eigenvalue weighted by atomic mass is 19.1. The molecular weight excluding hydrogens is 495 g/mol. The Morgan fingerprint density at radius 1 is 1.03 bits per heavy atom. The molecule has 0 aliphatic heterocycles. The lowest BCUT2D eigenvalue weighted by atomic mass is 9.97. The van der Waals surface area contributed by atoms with Gasteiger partial charge in [-0.15, -0.1) is 0 Å². The van der Waals surface area contributed by atoms with Crippen molar-refractivity contribution >= 4 is 28.6 Å². The van der Waals surface area contributed by atoms with Gasteiger partial charge in [-0.25, -0.2) is 9.18 Å². The molecule has 0 fully saturated rings. The Balaban J connectivity index is 1.81. The summed E-state index contributed by atoms with van der Waals surface area (Å²) in [6, 6.07) is 14.2. The third-order valence-electron chi connectivity index (χ3n) is 6.17. The van der Waals surface area contributed by atoms with Crippen LogP contribution in [0.2, 0.25) is 0 Å². The molecule has 0 spiro atoms. The molecule has 2 amide bonds. The molecule has 0 aliphatic rings. The summed E-state index contributed by atoms with van der Waals surface area (Å²) in [7, 11) is 1.97. The Morgan fingerprint density at radius 2 is 1.72 bits per heavy atom. The van der Waals surface area contributed by atoms with E-state index >= 15 is 0 Å². The molecule has 0 saturated carbocycles. The zero-order valence-corrected chi connectivity index (χ0v) is 22.8. The SMILES string of the molecule is CC=CCc1c(NC(=O)CNC(=O)OC(C)(C)C)ccc2c(-c3ccncc3)c(-c3ccc(F)cc3)n(C)c12. The van der Waals surface area contributed by atoms with Gasteiger partial charge >= 0.3 is 6.09 Å². The summed E-state index contributed by atoms with van der Waals surface area (Å²) in [5.41, 5.74) is 5.60. The zero-order valence-electron chi connectivity index (χ0n) is 22.8. The van der Waals surface area contributed by atoms with Gasteiger partial charge in [0.15, 0.2) is 0 Å². The number of pyridine rings is 1. The summed E-state index contributed by atoms with van der Waals surface area (Å²) in [4.78, 5) is 29.0. The predicted molar refractivity (Wildman–Crippen MR) is 153 cm³/mol. The number of carbonyl (C=O) groups excluding carboxylic acids is 2. The van der Waals surface area contributed by atoms with E-state index in [1.54, 1.807) is 45.3 Å². The molecule has 0 unspecified atom stereocenters.